The maximum Gasteiger partial charge on any atom is 0.142 e. The van der Waals surface area contributed by atoms with Gasteiger partial charge in [-0.1, -0.05) is 29.8 Å². The van der Waals surface area contributed by atoms with Crippen LogP contribution in [0.25, 0.3) is 0 Å². The number of nitrogens with one attached hydrogen (secondary N) is 1. The molecular weight excluding hydrogens is 263 g/mol. The molecule has 0 aliphatic rings. The first-order valence-electron chi connectivity index (χ1n) is 5.83. The van der Waals surface area contributed by atoms with Gasteiger partial charge in [0.25, 0.3) is 0 Å². The van der Waals surface area contributed by atoms with Crippen molar-refractivity contribution >= 4 is 17.3 Å². The zero-order valence-electron chi connectivity index (χ0n) is 10.2. The van der Waals surface area contributed by atoms with Gasteiger partial charge in [-0.3, -0.25) is 0 Å². The lowest BCUT2D eigenvalue weighted by Gasteiger charge is -2.07. The third kappa shape index (κ3) is 3.70. The average molecular weight is 275 g/mol. The minimum atomic E-state index is -0.412. The summed E-state index contributed by atoms with van der Waals surface area (Å²) in [6, 6.07) is 14.4. The Labute approximate surface area is 116 Å². The Balaban J connectivity index is 1.98. The van der Waals surface area contributed by atoms with E-state index in [1.165, 1.54) is 6.07 Å². The van der Waals surface area contributed by atoms with Crippen molar-refractivity contribution in [2.24, 2.45) is 0 Å². The molecule has 0 atom stereocenters. The Morgan fingerprint density at radius 3 is 2.42 bits per heavy atom. The fourth-order valence-electron chi connectivity index (χ4n) is 1.69. The second kappa shape index (κ2) is 6.21. The normalized spacial score (nSPS) is 9.95. The van der Waals surface area contributed by atoms with Crippen molar-refractivity contribution in [3.05, 3.63) is 64.4 Å². The fraction of sp³-hybridized carbons (Fsp3) is 0.133. The minimum absolute atomic E-state index is 0.129. The van der Waals surface area contributed by atoms with Crippen molar-refractivity contribution in [1.82, 2.24) is 0 Å². The zero-order chi connectivity index (χ0) is 13.7. The maximum absolute atomic E-state index is 13.3. The number of rotatable bonds is 4. The van der Waals surface area contributed by atoms with E-state index < -0.39 is 5.82 Å². The number of benzene rings is 2. The monoisotopic (exact) mass is 274 g/mol. The SMILES string of the molecule is N#CCc1ccc(NCc2ccc(Cl)c(F)c2)cc1. The predicted octanol–water partition coefficient (Wildman–Crippen LogP) is 4.16. The number of halogens is 2. The number of hydrogen-bond acceptors (Lipinski definition) is 2. The molecule has 0 aliphatic heterocycles. The number of nitrogens with zero attached hydrogens (tertiary/aromatic N) is 1. The van der Waals surface area contributed by atoms with Gasteiger partial charge in [-0.15, -0.1) is 0 Å². The Hall–Kier alpha value is -2.05. The van der Waals surface area contributed by atoms with Crippen molar-refractivity contribution in [2.75, 3.05) is 5.32 Å². The van der Waals surface area contributed by atoms with E-state index in [-0.39, 0.29) is 5.02 Å². The summed E-state index contributed by atoms with van der Waals surface area (Å²) in [4.78, 5) is 0. The minimum Gasteiger partial charge on any atom is -0.381 e. The van der Waals surface area contributed by atoms with Gasteiger partial charge in [-0.25, -0.2) is 4.39 Å². The molecule has 2 nitrogen and oxygen atoms in total. The number of nitriles is 1. The number of anilines is 1. The van der Waals surface area contributed by atoms with Gasteiger partial charge in [0.1, 0.15) is 5.82 Å². The summed E-state index contributed by atoms with van der Waals surface area (Å²) in [5, 5.41) is 11.9. The summed E-state index contributed by atoms with van der Waals surface area (Å²) in [7, 11) is 0. The Morgan fingerprint density at radius 2 is 1.79 bits per heavy atom. The lowest BCUT2D eigenvalue weighted by Crippen LogP contribution is -2.00. The second-order valence-corrected chi connectivity index (χ2v) is 4.54. The molecular formula is C15H12ClFN2. The molecule has 0 saturated heterocycles. The van der Waals surface area contributed by atoms with Crippen molar-refractivity contribution in [3.63, 3.8) is 0 Å². The van der Waals surface area contributed by atoms with E-state index in [1.807, 2.05) is 24.3 Å². The topological polar surface area (TPSA) is 35.8 Å². The van der Waals surface area contributed by atoms with Crippen molar-refractivity contribution in [1.29, 1.82) is 5.26 Å². The molecule has 0 fully saturated rings. The van der Waals surface area contributed by atoms with Gasteiger partial charge in [-0.2, -0.15) is 5.26 Å². The molecule has 0 saturated carbocycles. The van der Waals surface area contributed by atoms with E-state index >= 15 is 0 Å². The second-order valence-electron chi connectivity index (χ2n) is 4.13. The molecule has 2 aromatic carbocycles. The zero-order valence-corrected chi connectivity index (χ0v) is 10.9. The highest BCUT2D eigenvalue weighted by Gasteiger charge is 2.01. The van der Waals surface area contributed by atoms with Gasteiger partial charge in [-0.05, 0) is 35.4 Å². The van der Waals surface area contributed by atoms with Gasteiger partial charge >= 0.3 is 0 Å². The Morgan fingerprint density at radius 1 is 1.11 bits per heavy atom. The Kier molecular flexibility index (Phi) is 4.38. The molecule has 0 aliphatic carbocycles. The van der Waals surface area contributed by atoms with E-state index in [9.17, 15) is 4.39 Å². The van der Waals surface area contributed by atoms with Crippen LogP contribution in [-0.4, -0.2) is 0 Å². The first kappa shape index (κ1) is 13.4. The average Bonchev–Trinajstić information content (AvgIpc) is 2.42. The molecule has 0 heterocycles. The summed E-state index contributed by atoms with van der Waals surface area (Å²) in [5.74, 6) is -0.412. The van der Waals surface area contributed by atoms with Crippen LogP contribution in [0, 0.1) is 17.1 Å². The van der Waals surface area contributed by atoms with E-state index in [2.05, 4.69) is 11.4 Å². The molecule has 2 aromatic rings. The highest BCUT2D eigenvalue weighted by molar-refractivity contribution is 6.30. The summed E-state index contributed by atoms with van der Waals surface area (Å²) in [6.45, 7) is 0.520. The predicted molar refractivity (Wildman–Crippen MR) is 74.5 cm³/mol. The molecule has 2 rings (SSSR count). The van der Waals surface area contributed by atoms with Crippen LogP contribution in [-0.2, 0) is 13.0 Å². The summed E-state index contributed by atoms with van der Waals surface area (Å²) < 4.78 is 13.3. The van der Waals surface area contributed by atoms with Crippen LogP contribution in [0.1, 0.15) is 11.1 Å². The first-order chi connectivity index (χ1) is 9.19. The van der Waals surface area contributed by atoms with E-state index in [1.54, 1.807) is 12.1 Å². The lowest BCUT2D eigenvalue weighted by atomic mass is 10.1. The van der Waals surface area contributed by atoms with Crippen LogP contribution >= 0.6 is 11.6 Å². The molecule has 0 amide bonds. The maximum atomic E-state index is 13.3. The molecule has 4 heteroatoms. The molecule has 1 N–H and O–H groups in total. The molecule has 0 unspecified atom stereocenters. The smallest absolute Gasteiger partial charge is 0.142 e. The molecule has 96 valence electrons. The summed E-state index contributed by atoms with van der Waals surface area (Å²) >= 11 is 5.62. The summed E-state index contributed by atoms with van der Waals surface area (Å²) in [5.41, 5.74) is 2.73. The lowest BCUT2D eigenvalue weighted by molar-refractivity contribution is 0.626. The standard InChI is InChI=1S/C15H12ClFN2/c16-14-6-3-12(9-15(14)17)10-19-13-4-1-11(2-5-13)7-8-18/h1-6,9,19H,7,10H2. The largest absolute Gasteiger partial charge is 0.381 e. The highest BCUT2D eigenvalue weighted by atomic mass is 35.5. The van der Waals surface area contributed by atoms with Gasteiger partial charge in [0.05, 0.1) is 17.5 Å². The van der Waals surface area contributed by atoms with Crippen LogP contribution in [0.3, 0.4) is 0 Å². The van der Waals surface area contributed by atoms with Crippen LogP contribution in [0.4, 0.5) is 10.1 Å². The summed E-state index contributed by atoms with van der Waals surface area (Å²) in [6.07, 6.45) is 0.405. The van der Waals surface area contributed by atoms with Gasteiger partial charge in [0.2, 0.25) is 0 Å². The molecule has 19 heavy (non-hydrogen) atoms. The fourth-order valence-corrected chi connectivity index (χ4v) is 1.80. The Bertz CT molecular complexity index is 603. The third-order valence-corrected chi connectivity index (χ3v) is 3.02. The van der Waals surface area contributed by atoms with E-state index in [0.29, 0.717) is 13.0 Å². The van der Waals surface area contributed by atoms with Crippen LogP contribution in [0.2, 0.25) is 5.02 Å². The molecule has 0 bridgehead atoms. The van der Waals surface area contributed by atoms with Crippen molar-refractivity contribution in [3.8, 4) is 6.07 Å². The van der Waals surface area contributed by atoms with Crippen LogP contribution in [0.15, 0.2) is 42.5 Å². The van der Waals surface area contributed by atoms with Crippen LogP contribution < -0.4 is 5.32 Å². The van der Waals surface area contributed by atoms with Crippen molar-refractivity contribution in [2.45, 2.75) is 13.0 Å². The highest BCUT2D eigenvalue weighted by Crippen LogP contribution is 2.17. The number of hydrogen-bond donors (Lipinski definition) is 1. The quantitative estimate of drug-likeness (QED) is 0.909. The van der Waals surface area contributed by atoms with Gasteiger partial charge in [0, 0.05) is 12.2 Å². The molecule has 0 radical (unpaired) electrons. The van der Waals surface area contributed by atoms with Crippen LogP contribution in [0.5, 0.6) is 0 Å². The van der Waals surface area contributed by atoms with E-state index in [0.717, 1.165) is 16.8 Å². The van der Waals surface area contributed by atoms with E-state index in [4.69, 9.17) is 16.9 Å². The first-order valence-corrected chi connectivity index (χ1v) is 6.20. The van der Waals surface area contributed by atoms with Crippen molar-refractivity contribution < 1.29 is 4.39 Å². The van der Waals surface area contributed by atoms with Gasteiger partial charge in [0.15, 0.2) is 0 Å². The van der Waals surface area contributed by atoms with Gasteiger partial charge < -0.3 is 5.32 Å². The third-order valence-electron chi connectivity index (χ3n) is 2.72. The molecule has 0 spiro atoms. The molecule has 0 aromatic heterocycles.